The van der Waals surface area contributed by atoms with Crippen molar-refractivity contribution in [1.82, 2.24) is 29.3 Å². The number of rotatable bonds is 8. The quantitative estimate of drug-likeness (QED) is 0.361. The normalized spacial score (nSPS) is 23.7. The van der Waals surface area contributed by atoms with Gasteiger partial charge in [-0.2, -0.15) is 9.97 Å². The van der Waals surface area contributed by atoms with Crippen LogP contribution in [-0.2, 0) is 14.3 Å². The number of anilines is 1. The second kappa shape index (κ2) is 14.1. The summed E-state index contributed by atoms with van der Waals surface area (Å²) in [6.45, 7) is 8.67. The first-order valence-electron chi connectivity index (χ1n) is 16.7. The number of benzene rings is 1. The van der Waals surface area contributed by atoms with E-state index in [0.29, 0.717) is 55.1 Å². The van der Waals surface area contributed by atoms with Gasteiger partial charge in [0.25, 0.3) is 6.43 Å². The highest BCUT2D eigenvalue weighted by atomic mass is 19.3. The van der Waals surface area contributed by atoms with Crippen LogP contribution in [0.1, 0.15) is 50.8 Å². The third kappa shape index (κ3) is 6.96. The van der Waals surface area contributed by atoms with E-state index >= 15 is 0 Å². The van der Waals surface area contributed by atoms with Crippen LogP contribution < -0.4 is 9.64 Å². The molecule has 1 amide bonds. The summed E-state index contributed by atoms with van der Waals surface area (Å²) in [6, 6.07) is 8.67. The molecule has 0 unspecified atom stereocenters. The minimum absolute atomic E-state index is 0.00595. The van der Waals surface area contributed by atoms with Crippen LogP contribution >= 0.6 is 0 Å². The van der Waals surface area contributed by atoms with Crippen molar-refractivity contribution in [3.63, 3.8) is 0 Å². The zero-order chi connectivity index (χ0) is 31.5. The minimum atomic E-state index is -2.79. The molecule has 3 aliphatic heterocycles. The van der Waals surface area contributed by atoms with Crippen LogP contribution in [0.5, 0.6) is 5.88 Å². The Labute approximate surface area is 267 Å². The Morgan fingerprint density at radius 1 is 0.870 bits per heavy atom. The van der Waals surface area contributed by atoms with E-state index in [1.165, 1.54) is 4.57 Å². The van der Waals surface area contributed by atoms with Crippen LogP contribution in [0, 0.1) is 11.8 Å². The average molecular weight is 640 g/mol. The number of para-hydroxylation sites is 2. The molecule has 1 aromatic carbocycles. The van der Waals surface area contributed by atoms with E-state index in [0.717, 1.165) is 84.5 Å². The molecule has 3 saturated heterocycles. The predicted octanol–water partition coefficient (Wildman–Crippen LogP) is 4.10. The number of morpholine rings is 2. The lowest BCUT2D eigenvalue weighted by atomic mass is 9.85. The fourth-order valence-corrected chi connectivity index (χ4v) is 7.25. The smallest absolute Gasteiger partial charge is 0.296 e. The number of halogens is 2. The Bertz CT molecular complexity index is 1480. The monoisotopic (exact) mass is 639 g/mol. The summed E-state index contributed by atoms with van der Waals surface area (Å²) < 4.78 is 47.2. The first-order valence-corrected chi connectivity index (χ1v) is 16.7. The third-order valence-corrected chi connectivity index (χ3v) is 9.84. The zero-order valence-corrected chi connectivity index (χ0v) is 26.2. The summed E-state index contributed by atoms with van der Waals surface area (Å²) in [5.74, 6) is 1.58. The molecule has 3 aromatic rings. The van der Waals surface area contributed by atoms with Crippen molar-refractivity contribution >= 4 is 22.9 Å². The lowest BCUT2D eigenvalue weighted by Crippen LogP contribution is -2.46. The summed E-state index contributed by atoms with van der Waals surface area (Å²) in [7, 11) is 0. The lowest BCUT2D eigenvalue weighted by Gasteiger charge is -2.38. The van der Waals surface area contributed by atoms with Crippen molar-refractivity contribution in [1.29, 1.82) is 0 Å². The van der Waals surface area contributed by atoms with Gasteiger partial charge >= 0.3 is 0 Å². The SMILES string of the molecule is O=C(C1CCC(Oc2cc(-n3c(C(F)F)nc4ccccc43)nc(N3CCOCC3)n2)CC1)N1CCC(CN2CCOCC2)CC1. The molecular formula is C33H43F2N7O4. The number of likely N-dealkylation sites (tertiary alicyclic amines) is 1. The van der Waals surface area contributed by atoms with Gasteiger partial charge in [0.2, 0.25) is 17.7 Å². The van der Waals surface area contributed by atoms with Crippen molar-refractivity contribution in [3.8, 4) is 11.7 Å². The van der Waals surface area contributed by atoms with Crippen LogP contribution in [0.3, 0.4) is 0 Å². The second-order valence-corrected chi connectivity index (χ2v) is 12.8. The highest BCUT2D eigenvalue weighted by Gasteiger charge is 2.33. The van der Waals surface area contributed by atoms with E-state index in [-0.39, 0.29) is 29.6 Å². The Hall–Kier alpha value is -3.42. The van der Waals surface area contributed by atoms with Gasteiger partial charge in [0.1, 0.15) is 11.9 Å². The number of alkyl halides is 2. The molecule has 0 spiro atoms. The fraction of sp³-hybridized carbons (Fsp3) is 0.636. The van der Waals surface area contributed by atoms with Crippen molar-refractivity contribution in [2.45, 2.75) is 51.1 Å². The van der Waals surface area contributed by atoms with Crippen molar-refractivity contribution in [3.05, 3.63) is 36.2 Å². The predicted molar refractivity (Wildman–Crippen MR) is 168 cm³/mol. The van der Waals surface area contributed by atoms with Crippen LogP contribution in [0.25, 0.3) is 16.9 Å². The number of piperidine rings is 1. The number of aromatic nitrogens is 4. The van der Waals surface area contributed by atoms with Gasteiger partial charge in [0, 0.05) is 57.8 Å². The molecule has 7 rings (SSSR count). The molecule has 1 aliphatic carbocycles. The second-order valence-electron chi connectivity index (χ2n) is 12.8. The summed E-state index contributed by atoms with van der Waals surface area (Å²) in [5.41, 5.74) is 1.01. The molecule has 46 heavy (non-hydrogen) atoms. The van der Waals surface area contributed by atoms with Gasteiger partial charge in [-0.25, -0.2) is 13.8 Å². The largest absolute Gasteiger partial charge is 0.474 e. The number of fused-ring (bicyclic) bond motifs is 1. The van der Waals surface area contributed by atoms with Gasteiger partial charge in [-0.15, -0.1) is 0 Å². The van der Waals surface area contributed by atoms with E-state index in [1.807, 2.05) is 4.90 Å². The van der Waals surface area contributed by atoms with E-state index in [4.69, 9.17) is 24.2 Å². The van der Waals surface area contributed by atoms with Gasteiger partial charge in [-0.3, -0.25) is 14.3 Å². The molecule has 1 saturated carbocycles. The van der Waals surface area contributed by atoms with Gasteiger partial charge in [0.05, 0.1) is 37.5 Å². The highest BCUT2D eigenvalue weighted by Crippen LogP contribution is 2.33. The summed E-state index contributed by atoms with van der Waals surface area (Å²) in [6.07, 6.45) is 2.17. The molecule has 4 aliphatic rings. The molecule has 2 aromatic heterocycles. The number of nitrogens with zero attached hydrogens (tertiary/aromatic N) is 7. The van der Waals surface area contributed by atoms with Gasteiger partial charge < -0.3 is 24.0 Å². The molecular weight excluding hydrogens is 596 g/mol. The maximum absolute atomic E-state index is 14.2. The Balaban J connectivity index is 1.01. The van der Waals surface area contributed by atoms with E-state index in [1.54, 1.807) is 30.3 Å². The fourth-order valence-electron chi connectivity index (χ4n) is 7.25. The molecule has 5 heterocycles. The van der Waals surface area contributed by atoms with E-state index in [2.05, 4.69) is 14.8 Å². The molecule has 0 N–H and O–H groups in total. The Morgan fingerprint density at radius 2 is 1.57 bits per heavy atom. The number of hydrogen-bond donors (Lipinski definition) is 0. The molecule has 0 atom stereocenters. The number of imidazole rings is 1. The minimum Gasteiger partial charge on any atom is -0.474 e. The van der Waals surface area contributed by atoms with Gasteiger partial charge in [-0.1, -0.05) is 12.1 Å². The maximum Gasteiger partial charge on any atom is 0.296 e. The third-order valence-electron chi connectivity index (χ3n) is 9.84. The van der Waals surface area contributed by atoms with Crippen LogP contribution in [0.4, 0.5) is 14.7 Å². The summed E-state index contributed by atoms with van der Waals surface area (Å²) in [4.78, 5) is 33.7. The van der Waals surface area contributed by atoms with Gasteiger partial charge in [0.15, 0.2) is 5.82 Å². The van der Waals surface area contributed by atoms with Crippen molar-refractivity contribution < 1.29 is 27.8 Å². The summed E-state index contributed by atoms with van der Waals surface area (Å²) >= 11 is 0. The van der Waals surface area contributed by atoms with Gasteiger partial charge in [-0.05, 0) is 56.6 Å². The number of carbonyl (C=O) groups excluding carboxylic acids is 1. The Morgan fingerprint density at radius 3 is 2.28 bits per heavy atom. The van der Waals surface area contributed by atoms with E-state index in [9.17, 15) is 13.6 Å². The molecule has 0 radical (unpaired) electrons. The van der Waals surface area contributed by atoms with Crippen LogP contribution in [0.2, 0.25) is 0 Å². The molecule has 0 bridgehead atoms. The van der Waals surface area contributed by atoms with Crippen LogP contribution in [0.15, 0.2) is 30.3 Å². The number of hydrogen-bond acceptors (Lipinski definition) is 9. The molecule has 248 valence electrons. The molecule has 13 heteroatoms. The lowest BCUT2D eigenvalue weighted by molar-refractivity contribution is -0.138. The topological polar surface area (TPSA) is 98.1 Å². The molecule has 11 nitrogen and oxygen atoms in total. The number of amides is 1. The Kier molecular flexibility index (Phi) is 9.59. The summed E-state index contributed by atoms with van der Waals surface area (Å²) in [5, 5.41) is 0. The first-order chi connectivity index (χ1) is 22.5. The highest BCUT2D eigenvalue weighted by molar-refractivity contribution is 5.79. The van der Waals surface area contributed by atoms with Crippen molar-refractivity contribution in [2.24, 2.45) is 11.8 Å². The number of ether oxygens (including phenoxy) is 3. The first kappa shape index (κ1) is 31.2. The van der Waals surface area contributed by atoms with Crippen molar-refractivity contribution in [2.75, 3.05) is 77.1 Å². The maximum atomic E-state index is 14.2. The van der Waals surface area contributed by atoms with Crippen LogP contribution in [-0.4, -0.2) is 114 Å². The zero-order valence-electron chi connectivity index (χ0n) is 26.2. The average Bonchev–Trinajstić information content (AvgIpc) is 3.50. The standard InChI is InChI=1S/C33H43F2N7O4/c34-30(35)31-36-26-3-1-2-4-27(26)42(31)28-21-29(38-33(37-28)41-15-19-45-20-16-41)46-25-7-5-24(6-8-25)32(43)40-11-9-23(10-12-40)22-39-13-17-44-18-14-39/h1-4,21,23-25,30H,5-20,22H2. The molecule has 4 fully saturated rings. The number of carbonyl (C=O) groups is 1. The van der Waals surface area contributed by atoms with E-state index < -0.39 is 6.43 Å².